The maximum Gasteiger partial charge on any atom is 0.340 e. The molecule has 1 aliphatic rings. The molecule has 1 fully saturated rings. The molecular formula is C12H18N2O2S. The first-order valence-electron chi connectivity index (χ1n) is 6.08. The van der Waals surface area contributed by atoms with E-state index in [0.29, 0.717) is 22.3 Å². The third kappa shape index (κ3) is 2.97. The molecule has 0 bridgehead atoms. The Morgan fingerprint density at radius 2 is 2.35 bits per heavy atom. The lowest BCUT2D eigenvalue weighted by atomic mass is 10.1. The van der Waals surface area contributed by atoms with Gasteiger partial charge in [0.2, 0.25) is 0 Å². The predicted octanol–water partition coefficient (Wildman–Crippen LogP) is 3.14. The Labute approximate surface area is 105 Å². The zero-order chi connectivity index (χ0) is 12.4. The number of aromatic nitrogens is 1. The molecule has 1 saturated carbocycles. The van der Waals surface area contributed by atoms with Gasteiger partial charge in [0.1, 0.15) is 10.6 Å². The lowest BCUT2D eigenvalue weighted by molar-refractivity contribution is 0.0697. The van der Waals surface area contributed by atoms with Crippen LogP contribution in [0.1, 0.15) is 48.7 Å². The Hall–Kier alpha value is -1.10. The Morgan fingerprint density at radius 1 is 1.65 bits per heavy atom. The van der Waals surface area contributed by atoms with Crippen LogP contribution in [-0.2, 0) is 0 Å². The van der Waals surface area contributed by atoms with Crippen molar-refractivity contribution in [2.75, 3.05) is 5.32 Å². The second-order valence-corrected chi connectivity index (χ2v) is 5.48. The van der Waals surface area contributed by atoms with Crippen molar-refractivity contribution in [3.63, 3.8) is 0 Å². The molecule has 0 aliphatic heterocycles. The molecule has 4 nitrogen and oxygen atoms in total. The van der Waals surface area contributed by atoms with E-state index in [0.717, 1.165) is 18.8 Å². The number of rotatable bonds is 6. The SMILES string of the molecule is CCC(CC1CC1)Nc1snc(C)c1C(=O)O. The molecule has 1 aromatic rings. The van der Waals surface area contributed by atoms with Crippen molar-refractivity contribution in [1.29, 1.82) is 0 Å². The van der Waals surface area contributed by atoms with Gasteiger partial charge >= 0.3 is 5.97 Å². The number of anilines is 1. The number of carboxylic acid groups (broad SMARTS) is 1. The monoisotopic (exact) mass is 254 g/mol. The normalized spacial score (nSPS) is 16.8. The summed E-state index contributed by atoms with van der Waals surface area (Å²) in [6, 6.07) is 0.375. The molecule has 1 atom stereocenters. The van der Waals surface area contributed by atoms with Crippen LogP contribution in [0.4, 0.5) is 5.00 Å². The van der Waals surface area contributed by atoms with Crippen molar-refractivity contribution in [2.45, 2.75) is 45.6 Å². The lowest BCUT2D eigenvalue weighted by Gasteiger charge is -2.16. The van der Waals surface area contributed by atoms with Crippen molar-refractivity contribution in [3.05, 3.63) is 11.3 Å². The third-order valence-electron chi connectivity index (χ3n) is 3.22. The number of carbonyl (C=O) groups is 1. The van der Waals surface area contributed by atoms with Crippen molar-refractivity contribution < 1.29 is 9.90 Å². The second kappa shape index (κ2) is 5.04. The highest BCUT2D eigenvalue weighted by Crippen LogP contribution is 2.35. The minimum atomic E-state index is -0.889. The average Bonchev–Trinajstić information content (AvgIpc) is 3.01. The molecule has 0 radical (unpaired) electrons. The summed E-state index contributed by atoms with van der Waals surface area (Å²) in [5.41, 5.74) is 0.940. The number of aromatic carboxylic acids is 1. The van der Waals surface area contributed by atoms with E-state index in [1.165, 1.54) is 24.4 Å². The molecule has 0 amide bonds. The van der Waals surface area contributed by atoms with Gasteiger partial charge in [-0.05, 0) is 37.2 Å². The van der Waals surface area contributed by atoms with Gasteiger partial charge in [-0.2, -0.15) is 4.37 Å². The fraction of sp³-hybridized carbons (Fsp3) is 0.667. The van der Waals surface area contributed by atoms with Crippen LogP contribution in [0.15, 0.2) is 0 Å². The summed E-state index contributed by atoms with van der Waals surface area (Å²) in [6.45, 7) is 3.88. The van der Waals surface area contributed by atoms with Crippen LogP contribution >= 0.6 is 11.5 Å². The van der Waals surface area contributed by atoms with Gasteiger partial charge in [-0.1, -0.05) is 19.8 Å². The van der Waals surface area contributed by atoms with Crippen LogP contribution in [0.2, 0.25) is 0 Å². The molecule has 5 heteroatoms. The molecular weight excluding hydrogens is 236 g/mol. The van der Waals surface area contributed by atoms with Gasteiger partial charge in [0.25, 0.3) is 0 Å². The van der Waals surface area contributed by atoms with Gasteiger partial charge in [0.15, 0.2) is 0 Å². The minimum absolute atomic E-state index is 0.337. The predicted molar refractivity (Wildman–Crippen MR) is 68.9 cm³/mol. The first-order chi connectivity index (χ1) is 8.11. The third-order valence-corrected chi connectivity index (χ3v) is 4.09. The standard InChI is InChI=1S/C12H18N2O2S/c1-3-9(6-8-4-5-8)13-11-10(12(15)16)7(2)14-17-11/h8-9,13H,3-6H2,1-2H3,(H,15,16). The fourth-order valence-electron chi connectivity index (χ4n) is 1.99. The van der Waals surface area contributed by atoms with Gasteiger partial charge < -0.3 is 10.4 Å². The zero-order valence-corrected chi connectivity index (χ0v) is 11.0. The van der Waals surface area contributed by atoms with Gasteiger partial charge in [-0.3, -0.25) is 0 Å². The topological polar surface area (TPSA) is 62.2 Å². The maximum atomic E-state index is 11.1. The van der Waals surface area contributed by atoms with Gasteiger partial charge in [-0.15, -0.1) is 0 Å². The van der Waals surface area contributed by atoms with Crippen LogP contribution in [0, 0.1) is 12.8 Å². The largest absolute Gasteiger partial charge is 0.478 e. The lowest BCUT2D eigenvalue weighted by Crippen LogP contribution is -2.19. The van der Waals surface area contributed by atoms with E-state index in [-0.39, 0.29) is 0 Å². The highest BCUT2D eigenvalue weighted by atomic mass is 32.1. The number of hydrogen-bond acceptors (Lipinski definition) is 4. The molecule has 17 heavy (non-hydrogen) atoms. The van der Waals surface area contributed by atoms with Crippen LogP contribution in [0.5, 0.6) is 0 Å². The Kier molecular flexibility index (Phi) is 3.66. The highest BCUT2D eigenvalue weighted by molar-refractivity contribution is 7.10. The molecule has 1 unspecified atom stereocenters. The average molecular weight is 254 g/mol. The van der Waals surface area contributed by atoms with E-state index >= 15 is 0 Å². The van der Waals surface area contributed by atoms with E-state index < -0.39 is 5.97 Å². The van der Waals surface area contributed by atoms with Gasteiger partial charge in [-0.25, -0.2) is 4.79 Å². The number of hydrogen-bond donors (Lipinski definition) is 2. The first-order valence-corrected chi connectivity index (χ1v) is 6.85. The Morgan fingerprint density at radius 3 is 2.88 bits per heavy atom. The summed E-state index contributed by atoms with van der Waals surface area (Å²) in [7, 11) is 0. The second-order valence-electron chi connectivity index (χ2n) is 4.71. The smallest absolute Gasteiger partial charge is 0.340 e. The number of nitrogens with one attached hydrogen (secondary N) is 1. The van der Waals surface area contributed by atoms with Crippen LogP contribution in [0.3, 0.4) is 0 Å². The van der Waals surface area contributed by atoms with Crippen LogP contribution in [-0.4, -0.2) is 21.5 Å². The van der Waals surface area contributed by atoms with Crippen LogP contribution in [0.25, 0.3) is 0 Å². The minimum Gasteiger partial charge on any atom is -0.478 e. The maximum absolute atomic E-state index is 11.1. The van der Waals surface area contributed by atoms with Crippen molar-refractivity contribution in [2.24, 2.45) is 5.92 Å². The van der Waals surface area contributed by atoms with Gasteiger partial charge in [0.05, 0.1) is 5.69 Å². The summed E-state index contributed by atoms with van der Waals surface area (Å²) < 4.78 is 4.12. The van der Waals surface area contributed by atoms with Crippen molar-refractivity contribution in [1.82, 2.24) is 4.37 Å². The Bertz CT molecular complexity index is 413. The van der Waals surface area contributed by atoms with E-state index in [1.807, 2.05) is 0 Å². The van der Waals surface area contributed by atoms with E-state index in [2.05, 4.69) is 16.6 Å². The molecule has 0 aromatic carbocycles. The first kappa shape index (κ1) is 12.4. The summed E-state index contributed by atoms with van der Waals surface area (Å²) in [4.78, 5) is 11.1. The summed E-state index contributed by atoms with van der Waals surface area (Å²) in [5.74, 6) is -0.0465. The number of carboxylic acids is 1. The molecule has 1 aromatic heterocycles. The number of aryl methyl sites for hydroxylation is 1. The molecule has 0 saturated heterocycles. The molecule has 1 aliphatic carbocycles. The van der Waals surface area contributed by atoms with Gasteiger partial charge in [0, 0.05) is 6.04 Å². The van der Waals surface area contributed by atoms with E-state index in [4.69, 9.17) is 5.11 Å². The molecule has 2 N–H and O–H groups in total. The van der Waals surface area contributed by atoms with E-state index in [1.54, 1.807) is 6.92 Å². The molecule has 94 valence electrons. The highest BCUT2D eigenvalue weighted by Gasteiger charge is 2.26. The van der Waals surface area contributed by atoms with Crippen molar-refractivity contribution in [3.8, 4) is 0 Å². The zero-order valence-electron chi connectivity index (χ0n) is 10.2. The van der Waals surface area contributed by atoms with Crippen LogP contribution < -0.4 is 5.32 Å². The fourth-order valence-corrected chi connectivity index (χ4v) is 2.85. The van der Waals surface area contributed by atoms with E-state index in [9.17, 15) is 4.79 Å². The Balaban J connectivity index is 2.07. The van der Waals surface area contributed by atoms with Crippen molar-refractivity contribution >= 4 is 22.5 Å². The summed E-state index contributed by atoms with van der Waals surface area (Å²) >= 11 is 1.25. The quantitative estimate of drug-likeness (QED) is 0.818. The summed E-state index contributed by atoms with van der Waals surface area (Å²) in [5, 5.41) is 13.2. The summed E-state index contributed by atoms with van der Waals surface area (Å²) in [6.07, 6.45) is 4.82. The number of nitrogens with zero attached hydrogens (tertiary/aromatic N) is 1. The molecule has 0 spiro atoms. The molecule has 1 heterocycles. The molecule has 2 rings (SSSR count).